The third-order valence-corrected chi connectivity index (χ3v) is 4.99. The molecular weight excluding hydrogens is 393 g/mol. The molecule has 1 aromatic rings. The van der Waals surface area contributed by atoms with Crippen LogP contribution in [0.3, 0.4) is 0 Å². The van der Waals surface area contributed by atoms with Crippen LogP contribution in [0.4, 0.5) is 13.2 Å². The molecule has 2 N–H and O–H groups in total. The van der Waals surface area contributed by atoms with Crippen molar-refractivity contribution in [2.75, 3.05) is 26.2 Å². The summed E-state index contributed by atoms with van der Waals surface area (Å²) >= 11 is 5.03. The van der Waals surface area contributed by atoms with Gasteiger partial charge in [0.25, 0.3) is 0 Å². The molecule has 0 radical (unpaired) electrons. The second-order valence-corrected chi connectivity index (χ2v) is 7.93. The summed E-state index contributed by atoms with van der Waals surface area (Å²) in [6.45, 7) is 3.21. The number of hydrogen-bond acceptors (Lipinski definition) is 3. The Labute approximate surface area is 146 Å². The van der Waals surface area contributed by atoms with Crippen LogP contribution in [-0.4, -0.2) is 49.3 Å². The highest BCUT2D eigenvalue weighted by Gasteiger charge is 2.34. The van der Waals surface area contributed by atoms with E-state index in [1.165, 1.54) is 4.90 Å². The van der Waals surface area contributed by atoms with Gasteiger partial charge in [-0.2, -0.15) is 13.2 Å². The Bertz CT molecular complexity index is 532. The van der Waals surface area contributed by atoms with Crippen molar-refractivity contribution >= 4 is 33.2 Å². The number of guanidine groups is 1. The Balaban J connectivity index is 1.87. The Hall–Kier alpha value is -0.800. The number of nitrogens with one attached hydrogen (secondary N) is 2. The third-order valence-electron chi connectivity index (χ3n) is 3.38. The van der Waals surface area contributed by atoms with Crippen LogP contribution >= 0.6 is 27.3 Å². The van der Waals surface area contributed by atoms with Crippen LogP contribution in [0.1, 0.15) is 18.2 Å². The molecule has 0 bridgehead atoms. The molecule has 2 heterocycles. The van der Waals surface area contributed by atoms with E-state index in [4.69, 9.17) is 0 Å². The zero-order valence-corrected chi connectivity index (χ0v) is 15.2. The molecule has 1 aliphatic heterocycles. The summed E-state index contributed by atoms with van der Waals surface area (Å²) in [4.78, 5) is 7.06. The lowest BCUT2D eigenvalue weighted by atomic mass is 10.3. The number of hydrogen-bond donors (Lipinski definition) is 2. The number of aliphatic imine (C=N–C) groups is 1. The van der Waals surface area contributed by atoms with Gasteiger partial charge >= 0.3 is 6.18 Å². The fourth-order valence-electron chi connectivity index (χ4n) is 2.45. The lowest BCUT2D eigenvalue weighted by molar-refractivity contribution is -0.143. The van der Waals surface area contributed by atoms with E-state index in [1.807, 2.05) is 19.1 Å². The van der Waals surface area contributed by atoms with Gasteiger partial charge in [0, 0.05) is 30.6 Å². The molecule has 0 aromatic carbocycles. The summed E-state index contributed by atoms with van der Waals surface area (Å²) in [5, 5.41) is 6.37. The molecule has 1 atom stereocenters. The van der Waals surface area contributed by atoms with Gasteiger partial charge in [0.05, 0.1) is 16.9 Å². The Morgan fingerprint density at radius 2 is 2.26 bits per heavy atom. The molecule has 0 aliphatic carbocycles. The molecule has 1 aliphatic rings. The van der Waals surface area contributed by atoms with E-state index in [9.17, 15) is 13.2 Å². The van der Waals surface area contributed by atoms with Crippen LogP contribution in [0.2, 0.25) is 0 Å². The van der Waals surface area contributed by atoms with Crippen LogP contribution in [0.15, 0.2) is 20.9 Å². The maximum absolute atomic E-state index is 12.4. The third kappa shape index (κ3) is 6.68. The molecule has 23 heavy (non-hydrogen) atoms. The highest BCUT2D eigenvalue weighted by molar-refractivity contribution is 9.11. The summed E-state index contributed by atoms with van der Waals surface area (Å²) in [7, 11) is 0. The van der Waals surface area contributed by atoms with Crippen LogP contribution in [0.25, 0.3) is 0 Å². The zero-order valence-electron chi connectivity index (χ0n) is 12.8. The Morgan fingerprint density at radius 1 is 1.48 bits per heavy atom. The molecule has 4 nitrogen and oxygen atoms in total. The quantitative estimate of drug-likeness (QED) is 0.576. The van der Waals surface area contributed by atoms with E-state index in [-0.39, 0.29) is 6.04 Å². The summed E-state index contributed by atoms with van der Waals surface area (Å²) in [6, 6.07) is 3.97. The number of likely N-dealkylation sites (tertiary alicyclic amines) is 1. The van der Waals surface area contributed by atoms with Crippen molar-refractivity contribution in [3.05, 3.63) is 20.8 Å². The van der Waals surface area contributed by atoms with E-state index in [0.717, 1.165) is 8.66 Å². The van der Waals surface area contributed by atoms with Crippen molar-refractivity contribution in [3.8, 4) is 0 Å². The minimum atomic E-state index is -4.14. The molecular formula is C14H20BrF3N4S. The molecule has 0 amide bonds. The molecule has 130 valence electrons. The average Bonchev–Trinajstić information content (AvgIpc) is 3.04. The van der Waals surface area contributed by atoms with E-state index in [0.29, 0.717) is 38.6 Å². The molecule has 0 spiro atoms. The average molecular weight is 413 g/mol. The number of alkyl halides is 3. The van der Waals surface area contributed by atoms with Gasteiger partial charge in [0.2, 0.25) is 0 Å². The van der Waals surface area contributed by atoms with Crippen molar-refractivity contribution in [1.82, 2.24) is 15.5 Å². The predicted molar refractivity (Wildman–Crippen MR) is 90.9 cm³/mol. The molecule has 1 fully saturated rings. The van der Waals surface area contributed by atoms with Gasteiger partial charge in [0.1, 0.15) is 0 Å². The van der Waals surface area contributed by atoms with E-state index in [1.54, 1.807) is 11.3 Å². The molecule has 1 unspecified atom stereocenters. The SMILES string of the molecule is CCNC(=NCc1ccc(Br)s1)NC1CCN(CC(F)(F)F)C1. The van der Waals surface area contributed by atoms with Crippen molar-refractivity contribution in [1.29, 1.82) is 0 Å². The summed E-state index contributed by atoms with van der Waals surface area (Å²) in [5.74, 6) is 0.649. The van der Waals surface area contributed by atoms with Gasteiger partial charge < -0.3 is 10.6 Å². The van der Waals surface area contributed by atoms with Crippen molar-refractivity contribution in [2.24, 2.45) is 4.99 Å². The fourth-order valence-corrected chi connectivity index (χ4v) is 3.86. The number of rotatable bonds is 5. The molecule has 1 saturated heterocycles. The lowest BCUT2D eigenvalue weighted by Crippen LogP contribution is -2.45. The minimum absolute atomic E-state index is 0.00905. The number of halogens is 4. The second-order valence-electron chi connectivity index (χ2n) is 5.38. The van der Waals surface area contributed by atoms with Crippen molar-refractivity contribution < 1.29 is 13.2 Å². The first-order valence-corrected chi connectivity index (χ1v) is 9.05. The van der Waals surface area contributed by atoms with Crippen LogP contribution in [0.5, 0.6) is 0 Å². The van der Waals surface area contributed by atoms with Gasteiger partial charge in [-0.1, -0.05) is 0 Å². The van der Waals surface area contributed by atoms with Gasteiger partial charge in [0.15, 0.2) is 5.96 Å². The van der Waals surface area contributed by atoms with Crippen LogP contribution in [-0.2, 0) is 6.54 Å². The van der Waals surface area contributed by atoms with E-state index < -0.39 is 12.7 Å². The molecule has 1 aromatic heterocycles. The first kappa shape index (κ1) is 18.5. The maximum Gasteiger partial charge on any atom is 0.401 e. The van der Waals surface area contributed by atoms with Gasteiger partial charge in [-0.25, -0.2) is 4.99 Å². The van der Waals surface area contributed by atoms with Crippen LogP contribution < -0.4 is 10.6 Å². The Morgan fingerprint density at radius 3 is 2.87 bits per heavy atom. The first-order valence-electron chi connectivity index (χ1n) is 7.44. The first-order chi connectivity index (χ1) is 10.9. The fraction of sp³-hybridized carbons (Fsp3) is 0.643. The maximum atomic E-state index is 12.4. The van der Waals surface area contributed by atoms with Crippen molar-refractivity contribution in [3.63, 3.8) is 0 Å². The second kappa shape index (κ2) is 8.34. The molecule has 9 heteroatoms. The normalized spacial score (nSPS) is 20.0. The van der Waals surface area contributed by atoms with Crippen LogP contribution in [0, 0.1) is 0 Å². The standard InChI is InChI=1S/C14H20BrF3N4S/c1-2-19-13(20-7-11-3-4-12(15)23-11)21-10-5-6-22(8-10)9-14(16,17)18/h3-4,10H,2,5-9H2,1H3,(H2,19,20,21). The van der Waals surface area contributed by atoms with Gasteiger partial charge in [-0.05, 0) is 41.4 Å². The summed E-state index contributed by atoms with van der Waals surface area (Å²) in [6.07, 6.45) is -3.45. The number of thiophene rings is 1. The Kier molecular flexibility index (Phi) is 6.72. The van der Waals surface area contributed by atoms with E-state index >= 15 is 0 Å². The summed E-state index contributed by atoms with van der Waals surface area (Å²) in [5.41, 5.74) is 0. The lowest BCUT2D eigenvalue weighted by Gasteiger charge is -2.19. The van der Waals surface area contributed by atoms with Crippen molar-refractivity contribution in [2.45, 2.75) is 32.1 Å². The topological polar surface area (TPSA) is 39.7 Å². The summed E-state index contributed by atoms with van der Waals surface area (Å²) < 4.78 is 38.3. The highest BCUT2D eigenvalue weighted by atomic mass is 79.9. The monoisotopic (exact) mass is 412 g/mol. The zero-order chi connectivity index (χ0) is 16.9. The van der Waals surface area contributed by atoms with E-state index in [2.05, 4.69) is 31.6 Å². The molecule has 2 rings (SSSR count). The highest BCUT2D eigenvalue weighted by Crippen LogP contribution is 2.22. The predicted octanol–water partition coefficient (Wildman–Crippen LogP) is 3.20. The minimum Gasteiger partial charge on any atom is -0.357 e. The smallest absolute Gasteiger partial charge is 0.357 e. The van der Waals surface area contributed by atoms with Gasteiger partial charge in [-0.15, -0.1) is 11.3 Å². The molecule has 0 saturated carbocycles. The largest absolute Gasteiger partial charge is 0.401 e. The van der Waals surface area contributed by atoms with Gasteiger partial charge in [-0.3, -0.25) is 4.90 Å². The number of nitrogens with zero attached hydrogens (tertiary/aromatic N) is 2.